The average molecular weight is 453 g/mol. The molecule has 3 rings (SSSR count). The van der Waals surface area contributed by atoms with Gasteiger partial charge in [0.25, 0.3) is 5.91 Å². The van der Waals surface area contributed by atoms with Crippen LogP contribution in [0.1, 0.15) is 31.7 Å². The molecule has 9 heteroatoms. The summed E-state index contributed by atoms with van der Waals surface area (Å²) in [6, 6.07) is 13.6. The molecule has 3 amide bonds. The molecule has 9 nitrogen and oxygen atoms in total. The number of amides is 3. The zero-order valence-corrected chi connectivity index (χ0v) is 18.6. The highest BCUT2D eigenvalue weighted by molar-refractivity contribution is 6.39. The summed E-state index contributed by atoms with van der Waals surface area (Å²) < 4.78 is 11.0. The molecule has 0 radical (unpaired) electrons. The van der Waals surface area contributed by atoms with E-state index in [1.807, 2.05) is 6.92 Å². The van der Waals surface area contributed by atoms with Gasteiger partial charge in [0, 0.05) is 18.8 Å². The third-order valence-electron chi connectivity index (χ3n) is 4.87. The van der Waals surface area contributed by atoms with Crippen LogP contribution in [-0.4, -0.2) is 55.1 Å². The highest BCUT2D eigenvalue weighted by atomic mass is 16.5. The highest BCUT2D eigenvalue weighted by Gasteiger charge is 2.18. The molecular formula is C24H28N4O5. The smallest absolute Gasteiger partial charge is 0.329 e. The van der Waals surface area contributed by atoms with E-state index in [4.69, 9.17) is 9.47 Å². The molecule has 2 N–H and O–H groups in total. The minimum Gasteiger partial charge on any atom is -0.494 e. The van der Waals surface area contributed by atoms with Gasteiger partial charge in [-0.3, -0.25) is 14.4 Å². The van der Waals surface area contributed by atoms with Gasteiger partial charge in [-0.1, -0.05) is 6.92 Å². The fraction of sp³-hybridized carbons (Fsp3) is 0.333. The zero-order valence-electron chi connectivity index (χ0n) is 18.6. The van der Waals surface area contributed by atoms with Gasteiger partial charge in [-0.25, -0.2) is 5.43 Å². The quantitative estimate of drug-likeness (QED) is 0.345. The van der Waals surface area contributed by atoms with Crippen molar-refractivity contribution in [2.24, 2.45) is 5.10 Å². The molecule has 0 saturated carbocycles. The van der Waals surface area contributed by atoms with Gasteiger partial charge < -0.3 is 19.7 Å². The van der Waals surface area contributed by atoms with E-state index in [0.29, 0.717) is 29.4 Å². The lowest BCUT2D eigenvalue weighted by Gasteiger charge is -2.15. The first-order valence-corrected chi connectivity index (χ1v) is 10.9. The Morgan fingerprint density at radius 2 is 1.58 bits per heavy atom. The number of carbonyl (C=O) groups excluding carboxylic acids is 3. The lowest BCUT2D eigenvalue weighted by atomic mass is 10.2. The summed E-state index contributed by atoms with van der Waals surface area (Å²) in [5.41, 5.74) is 3.35. The number of nitrogens with zero attached hydrogens (tertiary/aromatic N) is 2. The lowest BCUT2D eigenvalue weighted by molar-refractivity contribution is -0.136. The van der Waals surface area contributed by atoms with Crippen LogP contribution in [0.5, 0.6) is 11.5 Å². The molecule has 1 aliphatic heterocycles. The van der Waals surface area contributed by atoms with Crippen LogP contribution in [0.2, 0.25) is 0 Å². The molecule has 1 aliphatic rings. The molecule has 0 spiro atoms. The van der Waals surface area contributed by atoms with Gasteiger partial charge in [0.1, 0.15) is 11.5 Å². The maximum absolute atomic E-state index is 12.0. The summed E-state index contributed by atoms with van der Waals surface area (Å²) in [7, 11) is 0. The molecule has 1 heterocycles. The molecule has 0 aromatic heterocycles. The average Bonchev–Trinajstić information content (AvgIpc) is 3.38. The van der Waals surface area contributed by atoms with Gasteiger partial charge in [-0.2, -0.15) is 5.10 Å². The van der Waals surface area contributed by atoms with Crippen LogP contribution < -0.4 is 20.2 Å². The van der Waals surface area contributed by atoms with Crippen molar-refractivity contribution in [3.63, 3.8) is 0 Å². The largest absolute Gasteiger partial charge is 0.494 e. The minimum absolute atomic E-state index is 0.00704. The SMILES string of the molecule is CCCOc1ccc(NC(=O)C(=O)N/N=C\c2ccc(OCC(=O)N3CCCC3)cc2)cc1. The van der Waals surface area contributed by atoms with Crippen molar-refractivity contribution >= 4 is 29.6 Å². The summed E-state index contributed by atoms with van der Waals surface area (Å²) in [5.74, 6) is -0.480. The van der Waals surface area contributed by atoms with E-state index in [2.05, 4.69) is 15.8 Å². The third-order valence-corrected chi connectivity index (χ3v) is 4.87. The first kappa shape index (κ1) is 23.8. The number of carbonyl (C=O) groups is 3. The van der Waals surface area contributed by atoms with Gasteiger partial charge in [0.05, 0.1) is 12.8 Å². The van der Waals surface area contributed by atoms with Crippen LogP contribution in [0.15, 0.2) is 53.6 Å². The Morgan fingerprint density at radius 3 is 2.24 bits per heavy atom. The number of anilines is 1. The molecule has 33 heavy (non-hydrogen) atoms. The minimum atomic E-state index is -0.891. The molecular weight excluding hydrogens is 424 g/mol. The number of hydrogen-bond donors (Lipinski definition) is 2. The molecule has 0 aliphatic carbocycles. The van der Waals surface area contributed by atoms with Gasteiger partial charge in [0.15, 0.2) is 6.61 Å². The van der Waals surface area contributed by atoms with Gasteiger partial charge in [0.2, 0.25) is 0 Å². The Labute approximate surface area is 192 Å². The molecule has 0 bridgehead atoms. The van der Waals surface area contributed by atoms with E-state index in [9.17, 15) is 14.4 Å². The third kappa shape index (κ3) is 7.64. The van der Waals surface area contributed by atoms with Crippen molar-refractivity contribution in [2.45, 2.75) is 26.2 Å². The highest BCUT2D eigenvalue weighted by Crippen LogP contribution is 2.16. The summed E-state index contributed by atoms with van der Waals surface area (Å²) >= 11 is 0. The maximum atomic E-state index is 12.0. The second-order valence-electron chi connectivity index (χ2n) is 7.47. The van der Waals surface area contributed by atoms with E-state index < -0.39 is 11.8 Å². The van der Waals surface area contributed by atoms with Crippen molar-refractivity contribution in [3.05, 3.63) is 54.1 Å². The lowest BCUT2D eigenvalue weighted by Crippen LogP contribution is -2.32. The fourth-order valence-electron chi connectivity index (χ4n) is 3.11. The summed E-state index contributed by atoms with van der Waals surface area (Å²) in [6.07, 6.45) is 4.39. The van der Waals surface area contributed by atoms with Crippen LogP contribution in [0.25, 0.3) is 0 Å². The van der Waals surface area contributed by atoms with Gasteiger partial charge >= 0.3 is 11.8 Å². The van der Waals surface area contributed by atoms with E-state index in [-0.39, 0.29) is 12.5 Å². The van der Waals surface area contributed by atoms with Crippen molar-refractivity contribution in [2.75, 3.05) is 31.6 Å². The second kappa shape index (κ2) is 12.2. The topological polar surface area (TPSA) is 109 Å². The maximum Gasteiger partial charge on any atom is 0.329 e. The molecule has 1 saturated heterocycles. The molecule has 2 aromatic carbocycles. The summed E-state index contributed by atoms with van der Waals surface area (Å²) in [6.45, 7) is 4.22. The predicted octanol–water partition coefficient (Wildman–Crippen LogP) is 2.57. The monoisotopic (exact) mass is 452 g/mol. The number of nitrogens with one attached hydrogen (secondary N) is 2. The van der Waals surface area contributed by atoms with Crippen LogP contribution in [0, 0.1) is 0 Å². The Kier molecular flexibility index (Phi) is 8.81. The number of hydrogen-bond acceptors (Lipinski definition) is 6. The number of likely N-dealkylation sites (tertiary alicyclic amines) is 1. The van der Waals surface area contributed by atoms with Crippen LogP contribution in [0.3, 0.4) is 0 Å². The predicted molar refractivity (Wildman–Crippen MR) is 124 cm³/mol. The zero-order chi connectivity index (χ0) is 23.5. The first-order valence-electron chi connectivity index (χ1n) is 10.9. The Bertz CT molecular complexity index is 967. The van der Waals surface area contributed by atoms with E-state index >= 15 is 0 Å². The van der Waals surface area contributed by atoms with Gasteiger partial charge in [-0.05, 0) is 73.4 Å². The Hall–Kier alpha value is -3.88. The second-order valence-corrected chi connectivity index (χ2v) is 7.47. The Morgan fingerprint density at radius 1 is 0.939 bits per heavy atom. The van der Waals surface area contributed by atoms with Crippen LogP contribution >= 0.6 is 0 Å². The number of hydrazone groups is 1. The van der Waals surface area contributed by atoms with Crippen molar-refractivity contribution in [3.8, 4) is 11.5 Å². The van der Waals surface area contributed by atoms with Crippen molar-refractivity contribution in [1.82, 2.24) is 10.3 Å². The van der Waals surface area contributed by atoms with E-state index in [1.54, 1.807) is 53.4 Å². The van der Waals surface area contributed by atoms with Crippen LogP contribution in [0.4, 0.5) is 5.69 Å². The first-order chi connectivity index (χ1) is 16.0. The molecule has 0 unspecified atom stereocenters. The summed E-state index contributed by atoms with van der Waals surface area (Å²) in [4.78, 5) is 37.8. The molecule has 174 valence electrons. The standard InChI is InChI=1S/C24H28N4O5/c1-2-15-32-20-11-7-19(8-12-20)26-23(30)24(31)27-25-16-18-5-9-21(10-6-18)33-17-22(29)28-13-3-4-14-28/h5-12,16H,2-4,13-15,17H2,1H3,(H,26,30)(H,27,31)/b25-16-. The number of benzene rings is 2. The molecule has 1 fully saturated rings. The van der Waals surface area contributed by atoms with Crippen molar-refractivity contribution in [1.29, 1.82) is 0 Å². The normalized spacial score (nSPS) is 13.1. The van der Waals surface area contributed by atoms with Crippen molar-refractivity contribution < 1.29 is 23.9 Å². The number of ether oxygens (including phenoxy) is 2. The van der Waals surface area contributed by atoms with E-state index in [1.165, 1.54) is 6.21 Å². The van der Waals surface area contributed by atoms with Crippen LogP contribution in [-0.2, 0) is 14.4 Å². The van der Waals surface area contributed by atoms with Gasteiger partial charge in [-0.15, -0.1) is 0 Å². The molecule has 2 aromatic rings. The summed E-state index contributed by atoms with van der Waals surface area (Å²) in [5, 5.41) is 6.30. The Balaban J connectivity index is 1.40. The van der Waals surface area contributed by atoms with E-state index in [0.717, 1.165) is 32.4 Å². The molecule has 0 atom stereocenters. The number of rotatable bonds is 9. The fourth-order valence-corrected chi connectivity index (χ4v) is 3.11.